The Hall–Kier alpha value is -0.120. The lowest BCUT2D eigenvalue weighted by molar-refractivity contribution is 0.0802. The normalized spacial score (nSPS) is 20.1. The molecule has 1 aliphatic carbocycles. The van der Waals surface area contributed by atoms with Crippen molar-refractivity contribution in [1.29, 1.82) is 0 Å². The maximum Gasteiger partial charge on any atom is 0.0392 e. The maximum atomic E-state index is 5.81. The summed E-state index contributed by atoms with van der Waals surface area (Å²) < 4.78 is 0. The van der Waals surface area contributed by atoms with Gasteiger partial charge in [-0.3, -0.25) is 16.2 Å². The standard InChI is InChI=1S/C14H31N3/c1-5-17(6-2)14(3,4)13(16-15)11-12-9-7-8-10-12/h12-13,16H,5-11,15H2,1-4H3. The molecule has 0 saturated heterocycles. The van der Waals surface area contributed by atoms with Crippen LogP contribution in [-0.4, -0.2) is 29.6 Å². The van der Waals surface area contributed by atoms with E-state index in [1.165, 1.54) is 32.1 Å². The van der Waals surface area contributed by atoms with Crippen molar-refractivity contribution in [2.24, 2.45) is 11.8 Å². The number of likely N-dealkylation sites (N-methyl/N-ethyl adjacent to an activating group) is 1. The Morgan fingerprint density at radius 3 is 2.18 bits per heavy atom. The smallest absolute Gasteiger partial charge is 0.0392 e. The molecule has 0 aromatic carbocycles. The molecule has 1 aliphatic rings. The Balaban J connectivity index is 2.62. The first-order chi connectivity index (χ1) is 8.06. The summed E-state index contributed by atoms with van der Waals surface area (Å²) in [5.41, 5.74) is 3.22. The van der Waals surface area contributed by atoms with Crippen LogP contribution in [0.4, 0.5) is 0 Å². The minimum absolute atomic E-state index is 0.140. The lowest BCUT2D eigenvalue weighted by atomic mass is 9.85. The molecule has 3 heteroatoms. The van der Waals surface area contributed by atoms with Crippen molar-refractivity contribution >= 4 is 0 Å². The van der Waals surface area contributed by atoms with Gasteiger partial charge in [-0.25, -0.2) is 0 Å². The minimum atomic E-state index is 0.140. The van der Waals surface area contributed by atoms with Crippen molar-refractivity contribution < 1.29 is 0 Å². The molecule has 1 saturated carbocycles. The molecule has 1 rings (SSSR count). The van der Waals surface area contributed by atoms with E-state index >= 15 is 0 Å². The third-order valence-corrected chi connectivity index (χ3v) is 4.68. The summed E-state index contributed by atoms with van der Waals surface area (Å²) in [4.78, 5) is 2.51. The average Bonchev–Trinajstić information content (AvgIpc) is 2.79. The van der Waals surface area contributed by atoms with E-state index in [9.17, 15) is 0 Å². The summed E-state index contributed by atoms with van der Waals surface area (Å²) in [6.45, 7) is 11.3. The van der Waals surface area contributed by atoms with Crippen molar-refractivity contribution in [3.8, 4) is 0 Å². The number of nitrogens with two attached hydrogens (primary N) is 1. The molecule has 17 heavy (non-hydrogen) atoms. The zero-order valence-electron chi connectivity index (χ0n) is 12.1. The quantitative estimate of drug-likeness (QED) is 0.531. The van der Waals surface area contributed by atoms with Crippen LogP contribution in [0.15, 0.2) is 0 Å². The largest absolute Gasteiger partial charge is 0.297 e. The van der Waals surface area contributed by atoms with Gasteiger partial charge in [0.05, 0.1) is 0 Å². The van der Waals surface area contributed by atoms with E-state index in [1.807, 2.05) is 0 Å². The highest BCUT2D eigenvalue weighted by Gasteiger charge is 2.35. The van der Waals surface area contributed by atoms with Gasteiger partial charge < -0.3 is 0 Å². The number of nitrogens with one attached hydrogen (secondary N) is 1. The van der Waals surface area contributed by atoms with E-state index in [0.717, 1.165) is 19.0 Å². The second-order valence-corrected chi connectivity index (χ2v) is 5.93. The fourth-order valence-corrected chi connectivity index (χ4v) is 3.40. The van der Waals surface area contributed by atoms with E-state index in [1.54, 1.807) is 0 Å². The second kappa shape index (κ2) is 6.72. The van der Waals surface area contributed by atoms with Crippen LogP contribution >= 0.6 is 0 Å². The molecular weight excluding hydrogens is 210 g/mol. The van der Waals surface area contributed by atoms with Gasteiger partial charge in [-0.15, -0.1) is 0 Å². The predicted molar refractivity (Wildman–Crippen MR) is 74.7 cm³/mol. The van der Waals surface area contributed by atoms with E-state index in [4.69, 9.17) is 5.84 Å². The molecule has 1 fully saturated rings. The summed E-state index contributed by atoms with van der Waals surface area (Å²) in [7, 11) is 0. The summed E-state index contributed by atoms with van der Waals surface area (Å²) in [6, 6.07) is 0.394. The van der Waals surface area contributed by atoms with Crippen LogP contribution in [0, 0.1) is 5.92 Å². The average molecular weight is 241 g/mol. The Morgan fingerprint density at radius 2 is 1.76 bits per heavy atom. The van der Waals surface area contributed by atoms with Crippen LogP contribution < -0.4 is 11.3 Å². The highest BCUT2D eigenvalue weighted by atomic mass is 15.3. The van der Waals surface area contributed by atoms with Gasteiger partial charge in [-0.05, 0) is 39.3 Å². The SMILES string of the molecule is CCN(CC)C(C)(C)C(CC1CCCC1)NN. The third-order valence-electron chi connectivity index (χ3n) is 4.68. The molecule has 0 spiro atoms. The van der Waals surface area contributed by atoms with E-state index in [0.29, 0.717) is 6.04 Å². The van der Waals surface area contributed by atoms with Crippen molar-refractivity contribution in [3.05, 3.63) is 0 Å². The van der Waals surface area contributed by atoms with Crippen LogP contribution in [-0.2, 0) is 0 Å². The maximum absolute atomic E-state index is 5.81. The third kappa shape index (κ3) is 3.67. The van der Waals surface area contributed by atoms with Crippen LogP contribution in [0.5, 0.6) is 0 Å². The van der Waals surface area contributed by atoms with Crippen LogP contribution in [0.3, 0.4) is 0 Å². The Kier molecular flexibility index (Phi) is 5.90. The van der Waals surface area contributed by atoms with E-state index in [-0.39, 0.29) is 5.54 Å². The topological polar surface area (TPSA) is 41.3 Å². The molecule has 0 aromatic rings. The number of nitrogens with zero attached hydrogens (tertiary/aromatic N) is 1. The van der Waals surface area contributed by atoms with Gasteiger partial charge in [-0.1, -0.05) is 39.5 Å². The Bertz CT molecular complexity index is 206. The zero-order chi connectivity index (χ0) is 12.9. The summed E-state index contributed by atoms with van der Waals surface area (Å²) >= 11 is 0. The van der Waals surface area contributed by atoms with Gasteiger partial charge in [0, 0.05) is 11.6 Å². The Morgan fingerprint density at radius 1 is 1.24 bits per heavy atom. The molecule has 0 aromatic heterocycles. The van der Waals surface area contributed by atoms with Gasteiger partial charge >= 0.3 is 0 Å². The first kappa shape index (κ1) is 14.9. The highest BCUT2D eigenvalue weighted by Crippen LogP contribution is 2.32. The number of hydrogen-bond acceptors (Lipinski definition) is 3. The second-order valence-electron chi connectivity index (χ2n) is 5.93. The molecule has 0 bridgehead atoms. The number of hydrazine groups is 1. The van der Waals surface area contributed by atoms with Crippen LogP contribution in [0.25, 0.3) is 0 Å². The molecule has 0 heterocycles. The number of hydrogen-bond donors (Lipinski definition) is 2. The summed E-state index contributed by atoms with van der Waals surface area (Å²) in [6.07, 6.45) is 6.83. The Labute approximate surface area is 107 Å². The van der Waals surface area contributed by atoms with Crippen LogP contribution in [0.2, 0.25) is 0 Å². The van der Waals surface area contributed by atoms with Crippen molar-refractivity contribution in [2.75, 3.05) is 13.1 Å². The molecule has 0 aliphatic heterocycles. The molecule has 1 atom stereocenters. The molecule has 1 unspecified atom stereocenters. The van der Waals surface area contributed by atoms with Gasteiger partial charge in [0.2, 0.25) is 0 Å². The van der Waals surface area contributed by atoms with Crippen molar-refractivity contribution in [3.63, 3.8) is 0 Å². The molecule has 102 valence electrons. The van der Waals surface area contributed by atoms with Gasteiger partial charge in [0.1, 0.15) is 0 Å². The molecule has 0 amide bonds. The van der Waals surface area contributed by atoms with Gasteiger partial charge in [0.25, 0.3) is 0 Å². The fourth-order valence-electron chi connectivity index (χ4n) is 3.40. The summed E-state index contributed by atoms with van der Waals surface area (Å²) in [5, 5.41) is 0. The lowest BCUT2D eigenvalue weighted by Gasteiger charge is -2.44. The summed E-state index contributed by atoms with van der Waals surface area (Å²) in [5.74, 6) is 6.69. The first-order valence-electron chi connectivity index (χ1n) is 7.27. The predicted octanol–water partition coefficient (Wildman–Crippen LogP) is 2.52. The monoisotopic (exact) mass is 241 g/mol. The van der Waals surface area contributed by atoms with Crippen LogP contribution in [0.1, 0.15) is 59.8 Å². The fraction of sp³-hybridized carbons (Fsp3) is 1.00. The molecule has 3 N–H and O–H groups in total. The van der Waals surface area contributed by atoms with Crippen molar-refractivity contribution in [1.82, 2.24) is 10.3 Å². The van der Waals surface area contributed by atoms with Crippen molar-refractivity contribution in [2.45, 2.75) is 71.4 Å². The molecule has 3 nitrogen and oxygen atoms in total. The first-order valence-corrected chi connectivity index (χ1v) is 7.27. The van der Waals surface area contributed by atoms with Gasteiger partial charge in [0.15, 0.2) is 0 Å². The van der Waals surface area contributed by atoms with E-state index in [2.05, 4.69) is 38.0 Å². The zero-order valence-corrected chi connectivity index (χ0v) is 12.1. The van der Waals surface area contributed by atoms with Gasteiger partial charge in [-0.2, -0.15) is 0 Å². The lowest BCUT2D eigenvalue weighted by Crippen LogP contribution is -2.59. The number of rotatable bonds is 7. The minimum Gasteiger partial charge on any atom is -0.297 e. The molecule has 0 radical (unpaired) electrons. The molecular formula is C14H31N3. The van der Waals surface area contributed by atoms with E-state index < -0.39 is 0 Å². The highest BCUT2D eigenvalue weighted by molar-refractivity contribution is 4.93.